The van der Waals surface area contributed by atoms with Gasteiger partial charge in [-0.15, -0.1) is 4.68 Å². The molecular weight excluding hydrogens is 275 g/mol. The topological polar surface area (TPSA) is 49.3 Å². The third-order valence-electron chi connectivity index (χ3n) is 3.90. The van der Waals surface area contributed by atoms with Gasteiger partial charge in [0, 0.05) is 22.9 Å². The van der Waals surface area contributed by atoms with E-state index in [0.717, 1.165) is 21.8 Å². The monoisotopic (exact) mass is 289 g/mol. The molecule has 4 rings (SSSR count). The Morgan fingerprint density at radius 1 is 0.727 bits per heavy atom. The quantitative estimate of drug-likeness (QED) is 0.428. The number of aromatic nitrogens is 2. The molecule has 0 saturated heterocycles. The van der Waals surface area contributed by atoms with Gasteiger partial charge in [0.1, 0.15) is 11.0 Å². The van der Waals surface area contributed by atoms with Crippen molar-refractivity contribution in [3.05, 3.63) is 72.9 Å². The number of fused-ring (bicyclic) bond motifs is 3. The summed E-state index contributed by atoms with van der Waals surface area (Å²) < 4.78 is 3.77. The Bertz CT molecular complexity index is 925. The number of pyridine rings is 1. The summed E-state index contributed by atoms with van der Waals surface area (Å²) in [4.78, 5) is 0. The van der Waals surface area contributed by atoms with Crippen LogP contribution in [0.5, 0.6) is 0 Å². The van der Waals surface area contributed by atoms with E-state index in [1.165, 1.54) is 0 Å². The largest absolute Gasteiger partial charge is 0.565 e. The summed E-state index contributed by atoms with van der Waals surface area (Å²) in [6.45, 7) is 0. The van der Waals surface area contributed by atoms with Crippen LogP contribution in [0.1, 0.15) is 0 Å². The summed E-state index contributed by atoms with van der Waals surface area (Å²) in [5.41, 5.74) is 2.44. The lowest BCUT2D eigenvalue weighted by atomic mass is 9.85. The predicted octanol–water partition coefficient (Wildman–Crippen LogP) is 1.07. The van der Waals surface area contributed by atoms with E-state index in [2.05, 4.69) is 12.1 Å². The van der Waals surface area contributed by atoms with Gasteiger partial charge in [0.15, 0.2) is 6.20 Å². The van der Waals surface area contributed by atoms with Crippen molar-refractivity contribution in [1.29, 1.82) is 0 Å². The van der Waals surface area contributed by atoms with Crippen LogP contribution in [0.25, 0.3) is 21.8 Å². The minimum absolute atomic E-state index is 0.411. The second kappa shape index (κ2) is 4.98. The molecule has 22 heavy (non-hydrogen) atoms. The molecule has 0 spiro atoms. The van der Waals surface area contributed by atoms with E-state index in [9.17, 15) is 10.0 Å². The Balaban J connectivity index is 2.19. The summed E-state index contributed by atoms with van der Waals surface area (Å²) in [5.74, 6) is 0. The first kappa shape index (κ1) is 13.1. The van der Waals surface area contributed by atoms with Crippen LogP contribution >= 0.6 is 0 Å². The van der Waals surface area contributed by atoms with Gasteiger partial charge in [0.05, 0.1) is 0 Å². The summed E-state index contributed by atoms with van der Waals surface area (Å²) in [5, 5.41) is 21.6. The first-order chi connectivity index (χ1) is 10.8. The molecule has 4 nitrogen and oxygen atoms in total. The van der Waals surface area contributed by atoms with Gasteiger partial charge in [-0.2, -0.15) is 0 Å². The molecule has 0 aliphatic heterocycles. The van der Waals surface area contributed by atoms with Gasteiger partial charge in [0.2, 0.25) is 5.59 Å². The minimum Gasteiger partial charge on any atom is -0.419 e. The predicted molar refractivity (Wildman–Crippen MR) is 86.7 cm³/mol. The SMILES string of the molecule is OB(O)c1cccc[n+]1-n1c2ccccc2c2ccccc21. The fourth-order valence-electron chi connectivity index (χ4n) is 2.97. The second-order valence-electron chi connectivity index (χ2n) is 5.19. The number of hydrogen-bond acceptors (Lipinski definition) is 2. The van der Waals surface area contributed by atoms with Crippen LogP contribution in [0, 0.1) is 0 Å². The van der Waals surface area contributed by atoms with E-state index in [1.54, 1.807) is 16.8 Å². The molecule has 0 atom stereocenters. The van der Waals surface area contributed by atoms with Crippen LogP contribution in [-0.4, -0.2) is 21.8 Å². The maximum absolute atomic E-state index is 9.67. The Kier molecular flexibility index (Phi) is 2.96. The highest BCUT2D eigenvalue weighted by Gasteiger charge is 2.27. The molecule has 2 aromatic heterocycles. The van der Waals surface area contributed by atoms with Gasteiger partial charge < -0.3 is 10.0 Å². The first-order valence-electron chi connectivity index (χ1n) is 7.13. The summed E-state index contributed by atoms with van der Waals surface area (Å²) >= 11 is 0. The Morgan fingerprint density at radius 2 is 1.27 bits per heavy atom. The normalized spacial score (nSPS) is 11.2. The highest BCUT2D eigenvalue weighted by Crippen LogP contribution is 2.26. The van der Waals surface area contributed by atoms with Crippen LogP contribution in [0.3, 0.4) is 0 Å². The highest BCUT2D eigenvalue weighted by molar-refractivity contribution is 6.56. The van der Waals surface area contributed by atoms with E-state index < -0.39 is 7.12 Å². The van der Waals surface area contributed by atoms with Crippen molar-refractivity contribution in [3.8, 4) is 0 Å². The molecule has 0 saturated carbocycles. The molecule has 0 aliphatic rings. The van der Waals surface area contributed by atoms with E-state index in [4.69, 9.17) is 0 Å². The van der Waals surface area contributed by atoms with Crippen molar-refractivity contribution in [2.75, 3.05) is 0 Å². The molecule has 0 bridgehead atoms. The zero-order valence-corrected chi connectivity index (χ0v) is 11.8. The standard InChI is InChI=1S/C17H14BN2O2/c21-18(22)17-11-5-6-12-19(17)20-15-9-3-1-7-13(15)14-8-2-4-10-16(14)20/h1-12,21-22H/q+1. The van der Waals surface area contributed by atoms with E-state index >= 15 is 0 Å². The molecule has 106 valence electrons. The van der Waals surface area contributed by atoms with Crippen molar-refractivity contribution < 1.29 is 14.7 Å². The highest BCUT2D eigenvalue weighted by atomic mass is 16.4. The lowest BCUT2D eigenvalue weighted by Gasteiger charge is -2.05. The third kappa shape index (κ3) is 1.84. The lowest BCUT2D eigenvalue weighted by molar-refractivity contribution is -0.705. The maximum Gasteiger partial charge on any atom is 0.565 e. The van der Waals surface area contributed by atoms with E-state index in [1.807, 2.05) is 53.3 Å². The molecule has 4 aromatic rings. The number of benzene rings is 2. The van der Waals surface area contributed by atoms with Crippen molar-refractivity contribution in [3.63, 3.8) is 0 Å². The van der Waals surface area contributed by atoms with Crippen molar-refractivity contribution in [1.82, 2.24) is 4.68 Å². The van der Waals surface area contributed by atoms with Gasteiger partial charge in [-0.05, 0) is 12.1 Å². The van der Waals surface area contributed by atoms with Crippen LogP contribution in [0.2, 0.25) is 0 Å². The van der Waals surface area contributed by atoms with Crippen molar-refractivity contribution in [2.45, 2.75) is 0 Å². The Hall–Kier alpha value is -2.63. The van der Waals surface area contributed by atoms with Gasteiger partial charge >= 0.3 is 7.12 Å². The fraction of sp³-hybridized carbons (Fsp3) is 0. The Morgan fingerprint density at radius 3 is 1.86 bits per heavy atom. The molecule has 2 heterocycles. The Labute approximate surface area is 127 Å². The van der Waals surface area contributed by atoms with Gasteiger partial charge in [-0.3, -0.25) is 0 Å². The van der Waals surface area contributed by atoms with Gasteiger partial charge in [0.25, 0.3) is 0 Å². The third-order valence-corrected chi connectivity index (χ3v) is 3.90. The first-order valence-corrected chi connectivity index (χ1v) is 7.13. The molecule has 0 amide bonds. The molecule has 0 radical (unpaired) electrons. The van der Waals surface area contributed by atoms with Crippen LogP contribution in [0.4, 0.5) is 0 Å². The average Bonchev–Trinajstić information content (AvgIpc) is 2.89. The number of hydrogen-bond donors (Lipinski definition) is 2. The zero-order chi connectivity index (χ0) is 15.1. The smallest absolute Gasteiger partial charge is 0.419 e. The second-order valence-corrected chi connectivity index (χ2v) is 5.19. The molecule has 0 aliphatic carbocycles. The van der Waals surface area contributed by atoms with Gasteiger partial charge in [-0.25, -0.2) is 0 Å². The van der Waals surface area contributed by atoms with E-state index in [0.29, 0.717) is 5.59 Å². The van der Waals surface area contributed by atoms with Gasteiger partial charge in [-0.1, -0.05) is 47.1 Å². The van der Waals surface area contributed by atoms with Crippen LogP contribution in [0.15, 0.2) is 72.9 Å². The summed E-state index contributed by atoms with van der Waals surface area (Å²) in [7, 11) is -1.54. The molecule has 2 N–H and O–H groups in total. The molecule has 5 heteroatoms. The van der Waals surface area contributed by atoms with Crippen LogP contribution in [-0.2, 0) is 0 Å². The van der Waals surface area contributed by atoms with E-state index in [-0.39, 0.29) is 0 Å². The maximum atomic E-state index is 9.67. The van der Waals surface area contributed by atoms with Crippen LogP contribution < -0.4 is 10.3 Å². The molecule has 0 unspecified atom stereocenters. The minimum atomic E-state index is -1.54. The molecular formula is C17H14BN2O2+. The van der Waals surface area contributed by atoms with Crippen molar-refractivity contribution >= 4 is 34.5 Å². The number of nitrogens with zero attached hydrogens (tertiary/aromatic N) is 2. The molecule has 2 aromatic carbocycles. The molecule has 0 fully saturated rings. The zero-order valence-electron chi connectivity index (χ0n) is 11.8. The number of rotatable bonds is 2. The average molecular weight is 289 g/mol. The number of para-hydroxylation sites is 2. The van der Waals surface area contributed by atoms with Crippen molar-refractivity contribution in [2.24, 2.45) is 0 Å². The lowest BCUT2D eigenvalue weighted by Crippen LogP contribution is -2.60. The fourth-order valence-corrected chi connectivity index (χ4v) is 2.97. The summed E-state index contributed by atoms with van der Waals surface area (Å²) in [6, 6.07) is 21.6. The summed E-state index contributed by atoms with van der Waals surface area (Å²) in [6.07, 6.45) is 1.83.